The van der Waals surface area contributed by atoms with Gasteiger partial charge in [-0.05, 0) is 25.5 Å². The molecular weight excluding hydrogens is 162 g/mol. The van der Waals surface area contributed by atoms with E-state index in [2.05, 4.69) is 6.07 Å². The summed E-state index contributed by atoms with van der Waals surface area (Å²) >= 11 is 0. The average molecular weight is 175 g/mol. The predicted molar refractivity (Wildman–Crippen MR) is 51.3 cm³/mol. The summed E-state index contributed by atoms with van der Waals surface area (Å²) in [5, 5.41) is 8.53. The first-order valence-corrected chi connectivity index (χ1v) is 4.40. The van der Waals surface area contributed by atoms with Crippen molar-refractivity contribution in [3.8, 4) is 11.8 Å². The summed E-state index contributed by atoms with van der Waals surface area (Å²) in [7, 11) is 0. The molecule has 0 spiro atoms. The zero-order chi connectivity index (χ0) is 9.52. The van der Waals surface area contributed by atoms with E-state index in [9.17, 15) is 0 Å². The molecule has 1 unspecified atom stereocenters. The molecule has 0 fully saturated rings. The topological polar surface area (TPSA) is 33.0 Å². The summed E-state index contributed by atoms with van der Waals surface area (Å²) in [6.07, 6.45) is 0.783. The third kappa shape index (κ3) is 3.62. The van der Waals surface area contributed by atoms with E-state index in [1.165, 1.54) is 0 Å². The van der Waals surface area contributed by atoms with Crippen molar-refractivity contribution in [3.05, 3.63) is 30.3 Å². The highest BCUT2D eigenvalue weighted by molar-refractivity contribution is 5.20. The Morgan fingerprint density at radius 3 is 2.69 bits per heavy atom. The van der Waals surface area contributed by atoms with Gasteiger partial charge in [-0.25, -0.2) is 0 Å². The monoisotopic (exact) mass is 175 g/mol. The van der Waals surface area contributed by atoms with Gasteiger partial charge in [0.05, 0.1) is 12.7 Å². The Balaban J connectivity index is 2.25. The molecule has 0 aliphatic heterocycles. The van der Waals surface area contributed by atoms with Crippen LogP contribution >= 0.6 is 0 Å². The zero-order valence-corrected chi connectivity index (χ0v) is 7.73. The number of ether oxygens (including phenoxy) is 1. The number of rotatable bonds is 4. The van der Waals surface area contributed by atoms with E-state index in [-0.39, 0.29) is 5.92 Å². The molecule has 0 aliphatic carbocycles. The summed E-state index contributed by atoms with van der Waals surface area (Å²) in [6, 6.07) is 11.8. The van der Waals surface area contributed by atoms with E-state index in [1.54, 1.807) is 0 Å². The number of benzene rings is 1. The lowest BCUT2D eigenvalue weighted by Crippen LogP contribution is -2.02. The fourth-order valence-electron chi connectivity index (χ4n) is 0.935. The molecule has 1 aromatic carbocycles. The Hall–Kier alpha value is -1.49. The molecule has 1 atom stereocenters. The third-order valence-electron chi connectivity index (χ3n) is 1.78. The number of hydrogen-bond acceptors (Lipinski definition) is 2. The predicted octanol–water partition coefficient (Wildman–Crippen LogP) is 2.62. The Morgan fingerprint density at radius 1 is 1.38 bits per heavy atom. The minimum atomic E-state index is 0.0729. The van der Waals surface area contributed by atoms with Crippen LogP contribution in [0.1, 0.15) is 13.3 Å². The van der Waals surface area contributed by atoms with Crippen LogP contribution in [-0.2, 0) is 0 Å². The SMILES string of the molecule is CC(C#N)CCOc1ccccc1. The molecule has 0 N–H and O–H groups in total. The van der Waals surface area contributed by atoms with Crippen LogP contribution in [0.2, 0.25) is 0 Å². The van der Waals surface area contributed by atoms with Crippen molar-refractivity contribution in [2.24, 2.45) is 5.92 Å². The Labute approximate surface area is 78.8 Å². The van der Waals surface area contributed by atoms with Crippen molar-refractivity contribution in [2.75, 3.05) is 6.61 Å². The first-order chi connectivity index (χ1) is 6.33. The molecule has 0 amide bonds. The first-order valence-electron chi connectivity index (χ1n) is 4.40. The molecule has 0 heterocycles. The van der Waals surface area contributed by atoms with Crippen LogP contribution < -0.4 is 4.74 Å². The van der Waals surface area contributed by atoms with E-state index < -0.39 is 0 Å². The standard InChI is InChI=1S/C11H13NO/c1-10(9-12)7-8-13-11-5-3-2-4-6-11/h2-6,10H,7-8H2,1H3. The maximum absolute atomic E-state index is 8.53. The van der Waals surface area contributed by atoms with Gasteiger partial charge in [0.15, 0.2) is 0 Å². The minimum absolute atomic E-state index is 0.0729. The van der Waals surface area contributed by atoms with Gasteiger partial charge in [0.1, 0.15) is 5.75 Å². The molecule has 68 valence electrons. The largest absolute Gasteiger partial charge is 0.494 e. The van der Waals surface area contributed by atoms with E-state index in [1.807, 2.05) is 37.3 Å². The molecule has 0 aromatic heterocycles. The van der Waals surface area contributed by atoms with Crippen molar-refractivity contribution >= 4 is 0 Å². The molecule has 2 nitrogen and oxygen atoms in total. The van der Waals surface area contributed by atoms with E-state index in [0.29, 0.717) is 6.61 Å². The molecule has 0 saturated heterocycles. The summed E-state index contributed by atoms with van der Waals surface area (Å²) in [6.45, 7) is 2.51. The van der Waals surface area contributed by atoms with Gasteiger partial charge in [-0.2, -0.15) is 5.26 Å². The first kappa shape index (κ1) is 9.60. The van der Waals surface area contributed by atoms with Crippen LogP contribution in [0.4, 0.5) is 0 Å². The molecule has 2 heteroatoms. The second-order valence-electron chi connectivity index (χ2n) is 2.98. The van der Waals surface area contributed by atoms with Crippen LogP contribution in [0, 0.1) is 17.2 Å². The highest BCUT2D eigenvalue weighted by atomic mass is 16.5. The lowest BCUT2D eigenvalue weighted by molar-refractivity contribution is 0.297. The van der Waals surface area contributed by atoms with Gasteiger partial charge in [0, 0.05) is 5.92 Å². The number of para-hydroxylation sites is 1. The van der Waals surface area contributed by atoms with Crippen LogP contribution in [0.25, 0.3) is 0 Å². The Morgan fingerprint density at radius 2 is 2.08 bits per heavy atom. The van der Waals surface area contributed by atoms with Crippen LogP contribution in [0.3, 0.4) is 0 Å². The van der Waals surface area contributed by atoms with Gasteiger partial charge in [0.25, 0.3) is 0 Å². The maximum atomic E-state index is 8.53. The molecule has 1 aromatic rings. The lowest BCUT2D eigenvalue weighted by Gasteiger charge is -2.05. The number of nitrogens with zero attached hydrogens (tertiary/aromatic N) is 1. The van der Waals surface area contributed by atoms with Gasteiger partial charge in [-0.15, -0.1) is 0 Å². The van der Waals surface area contributed by atoms with Crippen molar-refractivity contribution < 1.29 is 4.74 Å². The highest BCUT2D eigenvalue weighted by Crippen LogP contribution is 2.09. The Kier molecular flexibility index (Phi) is 3.84. The van der Waals surface area contributed by atoms with Crippen molar-refractivity contribution in [1.29, 1.82) is 5.26 Å². The molecule has 0 bridgehead atoms. The van der Waals surface area contributed by atoms with Crippen LogP contribution in [-0.4, -0.2) is 6.61 Å². The van der Waals surface area contributed by atoms with E-state index in [4.69, 9.17) is 10.00 Å². The van der Waals surface area contributed by atoms with E-state index >= 15 is 0 Å². The fraction of sp³-hybridized carbons (Fsp3) is 0.364. The zero-order valence-electron chi connectivity index (χ0n) is 7.73. The number of hydrogen-bond donors (Lipinski definition) is 0. The van der Waals surface area contributed by atoms with Crippen LogP contribution in [0.15, 0.2) is 30.3 Å². The molecule has 0 saturated carbocycles. The molecule has 0 radical (unpaired) electrons. The fourth-order valence-corrected chi connectivity index (χ4v) is 0.935. The van der Waals surface area contributed by atoms with E-state index in [0.717, 1.165) is 12.2 Å². The molecule has 1 rings (SSSR count). The Bertz CT molecular complexity index is 276. The van der Waals surface area contributed by atoms with Gasteiger partial charge in [-0.1, -0.05) is 18.2 Å². The second-order valence-corrected chi connectivity index (χ2v) is 2.98. The van der Waals surface area contributed by atoms with Gasteiger partial charge >= 0.3 is 0 Å². The second kappa shape index (κ2) is 5.21. The molecule has 13 heavy (non-hydrogen) atoms. The third-order valence-corrected chi connectivity index (χ3v) is 1.78. The summed E-state index contributed by atoms with van der Waals surface area (Å²) in [5.74, 6) is 0.941. The number of nitriles is 1. The summed E-state index contributed by atoms with van der Waals surface area (Å²) in [5.41, 5.74) is 0. The lowest BCUT2D eigenvalue weighted by atomic mass is 10.1. The summed E-state index contributed by atoms with van der Waals surface area (Å²) < 4.78 is 5.43. The molecule has 0 aliphatic rings. The smallest absolute Gasteiger partial charge is 0.119 e. The van der Waals surface area contributed by atoms with Crippen molar-refractivity contribution in [1.82, 2.24) is 0 Å². The average Bonchev–Trinajstić information content (AvgIpc) is 2.19. The highest BCUT2D eigenvalue weighted by Gasteiger charge is 1.99. The van der Waals surface area contributed by atoms with Crippen molar-refractivity contribution in [2.45, 2.75) is 13.3 Å². The quantitative estimate of drug-likeness (QED) is 0.704. The van der Waals surface area contributed by atoms with Gasteiger partial charge in [0.2, 0.25) is 0 Å². The van der Waals surface area contributed by atoms with Gasteiger partial charge < -0.3 is 4.74 Å². The maximum Gasteiger partial charge on any atom is 0.119 e. The normalized spacial score (nSPS) is 11.7. The summed E-state index contributed by atoms with van der Waals surface area (Å²) in [4.78, 5) is 0. The van der Waals surface area contributed by atoms with Gasteiger partial charge in [-0.3, -0.25) is 0 Å². The van der Waals surface area contributed by atoms with Crippen molar-refractivity contribution in [3.63, 3.8) is 0 Å². The minimum Gasteiger partial charge on any atom is -0.494 e. The van der Waals surface area contributed by atoms with Crippen LogP contribution in [0.5, 0.6) is 5.75 Å². The molecular formula is C11H13NO.